The van der Waals surface area contributed by atoms with Crippen LogP contribution in [0.3, 0.4) is 0 Å². The Bertz CT molecular complexity index is 506. The molecule has 1 saturated heterocycles. The molecule has 3 rings (SSSR count). The van der Waals surface area contributed by atoms with Crippen molar-refractivity contribution in [2.45, 2.75) is 38.8 Å². The number of hydrogen-bond donors (Lipinski definition) is 0. The lowest BCUT2D eigenvalue weighted by atomic mass is 10.1. The van der Waals surface area contributed by atoms with E-state index in [1.54, 1.807) is 0 Å². The monoisotopic (exact) mass is 239 g/mol. The van der Waals surface area contributed by atoms with Crippen LogP contribution in [0, 0.1) is 0 Å². The van der Waals surface area contributed by atoms with Gasteiger partial charge >= 0.3 is 0 Å². The third-order valence-corrected chi connectivity index (χ3v) is 4.00. The Morgan fingerprint density at radius 3 is 2.50 bits per heavy atom. The first kappa shape index (κ1) is 11.4. The fourth-order valence-corrected chi connectivity index (χ4v) is 3.06. The van der Waals surface area contributed by atoms with Crippen LogP contribution in [0.4, 0.5) is 5.69 Å². The van der Waals surface area contributed by atoms with Crippen LogP contribution in [0.25, 0.3) is 11.1 Å². The molecule has 0 bridgehead atoms. The van der Waals surface area contributed by atoms with E-state index in [0.717, 1.165) is 0 Å². The van der Waals surface area contributed by atoms with E-state index in [9.17, 15) is 0 Å². The molecular weight excluding hydrogens is 220 g/mol. The molecule has 2 heterocycles. The first-order valence-corrected chi connectivity index (χ1v) is 6.72. The molecular formula is C16H19N2-. The molecule has 0 amide bonds. The molecule has 0 aliphatic carbocycles. The zero-order valence-corrected chi connectivity index (χ0v) is 11.0. The van der Waals surface area contributed by atoms with Crippen molar-refractivity contribution in [3.05, 3.63) is 42.7 Å². The van der Waals surface area contributed by atoms with Gasteiger partial charge in [-0.3, -0.25) is 0 Å². The summed E-state index contributed by atoms with van der Waals surface area (Å²) in [5.41, 5.74) is 3.85. The third kappa shape index (κ3) is 1.82. The van der Waals surface area contributed by atoms with Crippen LogP contribution in [-0.2, 0) is 0 Å². The molecule has 18 heavy (non-hydrogen) atoms. The van der Waals surface area contributed by atoms with Gasteiger partial charge in [-0.05, 0) is 38.6 Å². The number of nitrogens with zero attached hydrogens (tertiary/aromatic N) is 2. The average molecular weight is 239 g/mol. The topological polar surface area (TPSA) is 16.1 Å². The summed E-state index contributed by atoms with van der Waals surface area (Å²) in [7, 11) is 0. The van der Waals surface area contributed by atoms with Gasteiger partial charge < -0.3 is 9.88 Å². The summed E-state index contributed by atoms with van der Waals surface area (Å²) in [6, 6.07) is 11.9. The lowest BCUT2D eigenvalue weighted by Gasteiger charge is -2.34. The minimum Gasteiger partial charge on any atom is -0.397 e. The van der Waals surface area contributed by atoms with Crippen molar-refractivity contribution < 1.29 is 0 Å². The van der Waals surface area contributed by atoms with E-state index in [1.165, 1.54) is 29.7 Å². The lowest BCUT2D eigenvalue weighted by Crippen LogP contribution is -2.32. The van der Waals surface area contributed by atoms with Crippen LogP contribution in [0.5, 0.6) is 0 Å². The SMILES string of the molecule is C[C@@H]1CC[C@@H](C)N1c1ccncc1-[c-]1cccc1. The van der Waals surface area contributed by atoms with Crippen LogP contribution in [0.1, 0.15) is 26.7 Å². The second kappa shape index (κ2) is 4.52. The zero-order valence-electron chi connectivity index (χ0n) is 11.0. The second-order valence-corrected chi connectivity index (χ2v) is 5.25. The third-order valence-electron chi connectivity index (χ3n) is 4.00. The summed E-state index contributed by atoms with van der Waals surface area (Å²) in [5.74, 6) is 0. The maximum Gasteiger partial charge on any atom is 0.0195 e. The minimum absolute atomic E-state index is 0.621. The average Bonchev–Trinajstić information content (AvgIpc) is 3.00. The van der Waals surface area contributed by atoms with Gasteiger partial charge in [-0.25, -0.2) is 0 Å². The van der Waals surface area contributed by atoms with Crippen LogP contribution in [0.15, 0.2) is 42.7 Å². The molecule has 0 spiro atoms. The Balaban J connectivity index is 2.07. The normalized spacial score (nSPS) is 23.6. The number of rotatable bonds is 2. The first-order chi connectivity index (χ1) is 8.77. The van der Waals surface area contributed by atoms with Crippen LogP contribution in [-0.4, -0.2) is 17.1 Å². The smallest absolute Gasteiger partial charge is 0.0195 e. The maximum atomic E-state index is 4.30. The molecule has 1 aromatic carbocycles. The number of aromatic nitrogens is 1. The van der Waals surface area contributed by atoms with Gasteiger partial charge in [0.1, 0.15) is 0 Å². The van der Waals surface area contributed by atoms with Gasteiger partial charge in [0.05, 0.1) is 0 Å². The molecule has 0 radical (unpaired) electrons. The van der Waals surface area contributed by atoms with E-state index >= 15 is 0 Å². The highest BCUT2D eigenvalue weighted by atomic mass is 15.2. The Morgan fingerprint density at radius 2 is 1.83 bits per heavy atom. The van der Waals surface area contributed by atoms with E-state index in [-0.39, 0.29) is 0 Å². The van der Waals surface area contributed by atoms with E-state index in [0.29, 0.717) is 12.1 Å². The lowest BCUT2D eigenvalue weighted by molar-refractivity contribution is 0.694. The quantitative estimate of drug-likeness (QED) is 0.740. The highest BCUT2D eigenvalue weighted by Crippen LogP contribution is 2.36. The van der Waals surface area contributed by atoms with E-state index < -0.39 is 0 Å². The summed E-state index contributed by atoms with van der Waals surface area (Å²) < 4.78 is 0. The standard InChI is InChI=1S/C16H19N2/c1-12-7-8-13(2)18(12)16-9-10-17-11-15(16)14-5-3-4-6-14/h3-6,9-13H,7-8H2,1-2H3/q-1/t12-,13-/m1/s1. The van der Waals surface area contributed by atoms with E-state index in [4.69, 9.17) is 0 Å². The molecule has 0 unspecified atom stereocenters. The highest BCUT2D eigenvalue weighted by molar-refractivity contribution is 5.78. The Kier molecular flexibility index (Phi) is 2.86. The second-order valence-electron chi connectivity index (χ2n) is 5.25. The predicted molar refractivity (Wildman–Crippen MR) is 75.9 cm³/mol. The molecule has 1 aliphatic rings. The molecule has 1 fully saturated rings. The Hall–Kier alpha value is -1.70. The van der Waals surface area contributed by atoms with Crippen molar-refractivity contribution in [3.63, 3.8) is 0 Å². The molecule has 0 N–H and O–H groups in total. The summed E-state index contributed by atoms with van der Waals surface area (Å²) in [6.07, 6.45) is 6.45. The van der Waals surface area contributed by atoms with Gasteiger partial charge in [-0.15, -0.1) is 12.1 Å². The predicted octanol–water partition coefficient (Wildman–Crippen LogP) is 3.84. The minimum atomic E-state index is 0.621. The molecule has 1 aliphatic heterocycles. The van der Waals surface area contributed by atoms with Crippen molar-refractivity contribution in [2.75, 3.05) is 4.90 Å². The molecule has 0 saturated carbocycles. The number of pyridine rings is 1. The van der Waals surface area contributed by atoms with Gasteiger partial charge in [-0.1, -0.05) is 17.2 Å². The van der Waals surface area contributed by atoms with E-state index in [1.807, 2.05) is 12.4 Å². The maximum absolute atomic E-state index is 4.30. The van der Waals surface area contributed by atoms with Gasteiger partial charge in [-0.2, -0.15) is 12.1 Å². The summed E-state index contributed by atoms with van der Waals surface area (Å²) in [6.45, 7) is 4.64. The number of hydrogen-bond acceptors (Lipinski definition) is 2. The molecule has 1 aromatic heterocycles. The molecule has 2 nitrogen and oxygen atoms in total. The van der Waals surface area contributed by atoms with Gasteiger partial charge in [0.2, 0.25) is 0 Å². The fraction of sp³-hybridized carbons (Fsp3) is 0.375. The van der Waals surface area contributed by atoms with Gasteiger partial charge in [0.25, 0.3) is 0 Å². The van der Waals surface area contributed by atoms with Crippen LogP contribution in [0.2, 0.25) is 0 Å². The van der Waals surface area contributed by atoms with Crippen molar-refractivity contribution in [3.8, 4) is 11.1 Å². The number of anilines is 1. The van der Waals surface area contributed by atoms with E-state index in [2.05, 4.69) is 54.1 Å². The van der Waals surface area contributed by atoms with Crippen molar-refractivity contribution in [1.82, 2.24) is 4.98 Å². The Labute approximate surface area is 109 Å². The van der Waals surface area contributed by atoms with Crippen molar-refractivity contribution >= 4 is 5.69 Å². The Morgan fingerprint density at radius 1 is 1.17 bits per heavy atom. The van der Waals surface area contributed by atoms with Crippen LogP contribution >= 0.6 is 0 Å². The molecule has 2 atom stereocenters. The molecule has 94 valence electrons. The first-order valence-electron chi connectivity index (χ1n) is 6.72. The van der Waals surface area contributed by atoms with Crippen molar-refractivity contribution in [1.29, 1.82) is 0 Å². The van der Waals surface area contributed by atoms with Gasteiger partial charge in [0.15, 0.2) is 0 Å². The van der Waals surface area contributed by atoms with Gasteiger partial charge in [0, 0.05) is 18.3 Å². The highest BCUT2D eigenvalue weighted by Gasteiger charge is 2.26. The zero-order chi connectivity index (χ0) is 12.5. The largest absolute Gasteiger partial charge is 0.397 e. The van der Waals surface area contributed by atoms with Crippen molar-refractivity contribution in [2.24, 2.45) is 0 Å². The summed E-state index contributed by atoms with van der Waals surface area (Å²) in [4.78, 5) is 6.84. The fourth-order valence-electron chi connectivity index (χ4n) is 3.06. The summed E-state index contributed by atoms with van der Waals surface area (Å²) >= 11 is 0. The molecule has 2 aromatic rings. The molecule has 2 heteroatoms. The summed E-state index contributed by atoms with van der Waals surface area (Å²) in [5, 5.41) is 0. The van der Waals surface area contributed by atoms with Crippen LogP contribution < -0.4 is 4.90 Å².